The van der Waals surface area contributed by atoms with Gasteiger partial charge in [-0.25, -0.2) is 4.79 Å². The first-order valence-electron chi connectivity index (χ1n) is 10.0. The number of fused-ring (bicyclic) bond motifs is 1. The molecule has 1 amide bonds. The first kappa shape index (κ1) is 22.2. The number of methoxy groups -OCH3 is 2. The van der Waals surface area contributed by atoms with E-state index < -0.39 is 6.09 Å². The summed E-state index contributed by atoms with van der Waals surface area (Å²) in [7, 11) is 3.14. The molecule has 0 aliphatic carbocycles. The maximum atomic E-state index is 11.8. The monoisotopic (exact) mass is 464 g/mol. The molecular formula is C25H21ClN2O5. The van der Waals surface area contributed by atoms with Crippen molar-refractivity contribution in [1.82, 2.24) is 4.98 Å². The maximum Gasteiger partial charge on any atom is 0.412 e. The molecule has 0 saturated heterocycles. The molecule has 0 radical (unpaired) electrons. The zero-order valence-corrected chi connectivity index (χ0v) is 18.7. The summed E-state index contributed by atoms with van der Waals surface area (Å²) in [6.45, 7) is 0.198. The number of benzene rings is 3. The Hall–Kier alpha value is -3.97. The fourth-order valence-electron chi connectivity index (χ4n) is 3.40. The lowest BCUT2D eigenvalue weighted by atomic mass is 10.1. The van der Waals surface area contributed by atoms with Gasteiger partial charge in [0, 0.05) is 28.4 Å². The number of amides is 1. The van der Waals surface area contributed by atoms with E-state index in [1.165, 1.54) is 4.90 Å². The van der Waals surface area contributed by atoms with Crippen LogP contribution in [-0.4, -0.2) is 30.4 Å². The van der Waals surface area contributed by atoms with Crippen molar-refractivity contribution in [2.45, 2.75) is 6.54 Å². The number of carbonyl (C=O) groups is 1. The average molecular weight is 465 g/mol. The van der Waals surface area contributed by atoms with Gasteiger partial charge < -0.3 is 19.3 Å². The van der Waals surface area contributed by atoms with Crippen LogP contribution in [0.1, 0.15) is 5.56 Å². The number of ether oxygens (including phenoxy) is 3. The number of rotatable bonds is 7. The summed E-state index contributed by atoms with van der Waals surface area (Å²) in [5, 5.41) is 11.1. The molecule has 0 spiro atoms. The van der Waals surface area contributed by atoms with Crippen molar-refractivity contribution in [3.05, 3.63) is 83.5 Å². The molecule has 168 valence electrons. The second-order valence-corrected chi connectivity index (χ2v) is 7.56. The van der Waals surface area contributed by atoms with Gasteiger partial charge in [-0.15, -0.1) is 0 Å². The van der Waals surface area contributed by atoms with E-state index in [1.54, 1.807) is 81.1 Å². The lowest BCUT2D eigenvalue weighted by molar-refractivity contribution is 0.201. The van der Waals surface area contributed by atoms with E-state index in [1.807, 2.05) is 6.07 Å². The standard InChI is InChI=1S/C25H21ClN2O5/c1-31-23-13-20-21(14-24(23)32-2)27-12-11-22(20)33-19-9-7-18(8-10-19)28(25(29)30)15-16-3-5-17(26)6-4-16/h3-14H,15H2,1-2H3,(H,29,30). The van der Waals surface area contributed by atoms with Gasteiger partial charge in [0.05, 0.1) is 26.3 Å². The number of carboxylic acid groups (broad SMARTS) is 1. The molecule has 4 rings (SSSR count). The molecule has 1 N–H and O–H groups in total. The quantitative estimate of drug-likeness (QED) is 0.341. The van der Waals surface area contributed by atoms with Crippen LogP contribution in [0.3, 0.4) is 0 Å². The molecule has 4 aromatic rings. The van der Waals surface area contributed by atoms with Crippen molar-refractivity contribution in [3.63, 3.8) is 0 Å². The molecule has 3 aromatic carbocycles. The fraction of sp³-hybridized carbons (Fsp3) is 0.120. The van der Waals surface area contributed by atoms with Crippen LogP contribution in [0, 0.1) is 0 Å². The Bertz CT molecular complexity index is 1280. The minimum atomic E-state index is -1.06. The molecule has 8 heteroatoms. The molecule has 0 aliphatic rings. The number of anilines is 1. The molecule has 0 atom stereocenters. The van der Waals surface area contributed by atoms with Gasteiger partial charge in [-0.2, -0.15) is 0 Å². The van der Waals surface area contributed by atoms with Gasteiger partial charge in [0.25, 0.3) is 0 Å². The highest BCUT2D eigenvalue weighted by atomic mass is 35.5. The average Bonchev–Trinajstić information content (AvgIpc) is 2.83. The van der Waals surface area contributed by atoms with Crippen LogP contribution in [0.15, 0.2) is 72.9 Å². The molecule has 0 bridgehead atoms. The summed E-state index contributed by atoms with van der Waals surface area (Å²) in [6.07, 6.45) is 0.593. The van der Waals surface area contributed by atoms with Gasteiger partial charge in [-0.05, 0) is 54.1 Å². The minimum Gasteiger partial charge on any atom is -0.493 e. The number of hydrogen-bond acceptors (Lipinski definition) is 5. The molecular weight excluding hydrogens is 444 g/mol. The van der Waals surface area contributed by atoms with Crippen LogP contribution in [0.25, 0.3) is 10.9 Å². The van der Waals surface area contributed by atoms with Crippen molar-refractivity contribution < 1.29 is 24.1 Å². The lowest BCUT2D eigenvalue weighted by Gasteiger charge is -2.20. The zero-order chi connectivity index (χ0) is 23.4. The van der Waals surface area contributed by atoms with E-state index in [0.29, 0.717) is 39.2 Å². The van der Waals surface area contributed by atoms with Crippen LogP contribution >= 0.6 is 11.6 Å². The van der Waals surface area contributed by atoms with E-state index in [-0.39, 0.29) is 6.54 Å². The summed E-state index contributed by atoms with van der Waals surface area (Å²) in [5.74, 6) is 2.29. The van der Waals surface area contributed by atoms with Crippen LogP contribution in [0.2, 0.25) is 5.02 Å². The van der Waals surface area contributed by atoms with Gasteiger partial charge in [0.15, 0.2) is 11.5 Å². The fourth-order valence-corrected chi connectivity index (χ4v) is 3.53. The largest absolute Gasteiger partial charge is 0.493 e. The van der Waals surface area contributed by atoms with Gasteiger partial charge >= 0.3 is 6.09 Å². The summed E-state index contributed by atoms with van der Waals surface area (Å²) < 4.78 is 16.8. The van der Waals surface area contributed by atoms with Crippen molar-refractivity contribution in [1.29, 1.82) is 0 Å². The molecule has 33 heavy (non-hydrogen) atoms. The van der Waals surface area contributed by atoms with Crippen molar-refractivity contribution in [2.75, 3.05) is 19.1 Å². The van der Waals surface area contributed by atoms with E-state index in [9.17, 15) is 9.90 Å². The zero-order valence-electron chi connectivity index (χ0n) is 18.0. The van der Waals surface area contributed by atoms with Gasteiger partial charge in [-0.3, -0.25) is 9.88 Å². The second-order valence-electron chi connectivity index (χ2n) is 7.12. The Labute approximate surface area is 195 Å². The molecule has 7 nitrogen and oxygen atoms in total. The maximum absolute atomic E-state index is 11.8. The summed E-state index contributed by atoms with van der Waals surface area (Å²) in [4.78, 5) is 17.5. The minimum absolute atomic E-state index is 0.198. The first-order chi connectivity index (χ1) is 16.0. The molecule has 1 aromatic heterocycles. The number of hydrogen-bond donors (Lipinski definition) is 1. The molecule has 0 unspecified atom stereocenters. The Kier molecular flexibility index (Phi) is 6.51. The van der Waals surface area contributed by atoms with Crippen LogP contribution in [-0.2, 0) is 6.54 Å². The highest BCUT2D eigenvalue weighted by molar-refractivity contribution is 6.30. The third-order valence-corrected chi connectivity index (χ3v) is 5.32. The van der Waals surface area contributed by atoms with E-state index in [4.69, 9.17) is 25.8 Å². The summed E-state index contributed by atoms with van der Waals surface area (Å²) in [5.41, 5.74) is 2.05. The second kappa shape index (κ2) is 9.67. The Morgan fingerprint density at radius 2 is 1.61 bits per heavy atom. The number of nitrogens with zero attached hydrogens (tertiary/aromatic N) is 2. The van der Waals surface area contributed by atoms with E-state index in [2.05, 4.69) is 4.98 Å². The number of halogens is 1. The third kappa shape index (κ3) is 4.94. The van der Waals surface area contributed by atoms with E-state index >= 15 is 0 Å². The van der Waals surface area contributed by atoms with Crippen LogP contribution < -0.4 is 19.1 Å². The highest BCUT2D eigenvalue weighted by Crippen LogP contribution is 2.37. The highest BCUT2D eigenvalue weighted by Gasteiger charge is 2.16. The van der Waals surface area contributed by atoms with Crippen molar-refractivity contribution in [3.8, 4) is 23.0 Å². The van der Waals surface area contributed by atoms with Crippen LogP contribution in [0.4, 0.5) is 10.5 Å². The molecule has 0 saturated carbocycles. The summed E-state index contributed by atoms with van der Waals surface area (Å²) in [6, 6.07) is 19.3. The lowest BCUT2D eigenvalue weighted by Crippen LogP contribution is -2.28. The molecule has 0 aliphatic heterocycles. The smallest absolute Gasteiger partial charge is 0.412 e. The predicted molar refractivity (Wildman–Crippen MR) is 127 cm³/mol. The number of aromatic nitrogens is 1. The predicted octanol–water partition coefficient (Wildman–Crippen LogP) is 6.38. The van der Waals surface area contributed by atoms with Crippen LogP contribution in [0.5, 0.6) is 23.0 Å². The molecule has 1 heterocycles. The van der Waals surface area contributed by atoms with Crippen molar-refractivity contribution >= 4 is 34.3 Å². The molecule has 0 fully saturated rings. The van der Waals surface area contributed by atoms with Gasteiger partial charge in [-0.1, -0.05) is 23.7 Å². The first-order valence-corrected chi connectivity index (χ1v) is 10.4. The number of pyridine rings is 1. The Balaban J connectivity index is 1.58. The third-order valence-electron chi connectivity index (χ3n) is 5.07. The van der Waals surface area contributed by atoms with Gasteiger partial charge in [0.2, 0.25) is 0 Å². The Morgan fingerprint density at radius 3 is 2.24 bits per heavy atom. The Morgan fingerprint density at radius 1 is 0.939 bits per heavy atom. The summed E-state index contributed by atoms with van der Waals surface area (Å²) >= 11 is 5.92. The van der Waals surface area contributed by atoms with Crippen molar-refractivity contribution in [2.24, 2.45) is 0 Å². The van der Waals surface area contributed by atoms with E-state index in [0.717, 1.165) is 10.9 Å². The normalized spacial score (nSPS) is 10.6. The SMILES string of the molecule is COc1cc2nccc(Oc3ccc(N(Cc4ccc(Cl)cc4)C(=O)O)cc3)c2cc1OC. The van der Waals surface area contributed by atoms with Gasteiger partial charge in [0.1, 0.15) is 11.5 Å². The topological polar surface area (TPSA) is 81.1 Å².